The van der Waals surface area contributed by atoms with Gasteiger partial charge in [0.05, 0.1) is 17.8 Å². The maximum Gasteiger partial charge on any atom is 0.410 e. The Morgan fingerprint density at radius 3 is 2.53 bits per heavy atom. The topological polar surface area (TPSA) is 171 Å². The highest BCUT2D eigenvalue weighted by Crippen LogP contribution is 2.33. The Balaban J connectivity index is 0.826. The Morgan fingerprint density at radius 1 is 0.906 bits per heavy atom. The molecule has 0 aliphatic carbocycles. The van der Waals surface area contributed by atoms with Crippen molar-refractivity contribution in [2.75, 3.05) is 29.5 Å². The Hall–Kier alpha value is -4.63. The van der Waals surface area contributed by atoms with Gasteiger partial charge in [0.15, 0.2) is 5.13 Å². The van der Waals surface area contributed by atoms with Gasteiger partial charge in [-0.2, -0.15) is 11.8 Å². The van der Waals surface area contributed by atoms with Crippen LogP contribution in [0.2, 0.25) is 0 Å². The quantitative estimate of drug-likeness (QED) is 0.0838. The van der Waals surface area contributed by atoms with E-state index in [0.717, 1.165) is 61.8 Å². The molecule has 0 spiro atoms. The number of likely N-dealkylation sites (tertiary alicyclic amines) is 1. The second kappa shape index (κ2) is 18.9. The van der Waals surface area contributed by atoms with Crippen LogP contribution in [0.3, 0.4) is 0 Å². The van der Waals surface area contributed by atoms with E-state index in [1.807, 2.05) is 71.7 Å². The van der Waals surface area contributed by atoms with E-state index < -0.39 is 12.1 Å². The Labute approximate surface area is 317 Å². The first-order valence-electron chi connectivity index (χ1n) is 18.4. The monoisotopic (exact) mass is 761 g/mol. The molecule has 15 heteroatoms. The normalized spacial score (nSPS) is 20.3. The summed E-state index contributed by atoms with van der Waals surface area (Å²) in [5, 5.41) is 17.5. The lowest BCUT2D eigenvalue weighted by molar-refractivity contribution is -0.121. The van der Waals surface area contributed by atoms with E-state index in [0.29, 0.717) is 54.1 Å². The van der Waals surface area contributed by atoms with E-state index in [2.05, 4.69) is 31.6 Å². The number of thioether (sulfide) groups is 1. The SMILES string of the molecule is O=C(CCCC[C@@H]1SC[C@@H]2NC(=O)N[C@@H]21)NCCCCCC(=O)Nc1ccc(-c2csc(NC(=O)C3CCCN3C(=O)OCc3ccccc3)n2)cc1. The number of amides is 6. The lowest BCUT2D eigenvalue weighted by atomic mass is 10.0. The molecule has 3 aromatic rings. The molecule has 6 rings (SSSR count). The molecule has 3 fully saturated rings. The Bertz CT molecular complexity index is 1720. The van der Waals surface area contributed by atoms with Gasteiger partial charge in [0.1, 0.15) is 12.6 Å². The number of nitrogens with zero attached hydrogens (tertiary/aromatic N) is 2. The summed E-state index contributed by atoms with van der Waals surface area (Å²) in [6, 6.07) is 16.6. The molecule has 0 bridgehead atoms. The van der Waals surface area contributed by atoms with Crippen molar-refractivity contribution in [1.29, 1.82) is 0 Å². The van der Waals surface area contributed by atoms with E-state index in [-0.39, 0.29) is 42.4 Å². The van der Waals surface area contributed by atoms with Crippen molar-refractivity contribution in [3.05, 3.63) is 65.5 Å². The molecule has 1 aromatic heterocycles. The first kappa shape index (κ1) is 38.1. The lowest BCUT2D eigenvalue weighted by Gasteiger charge is -2.22. The summed E-state index contributed by atoms with van der Waals surface area (Å²) in [6.45, 7) is 1.21. The summed E-state index contributed by atoms with van der Waals surface area (Å²) in [6.07, 6.45) is 6.86. The summed E-state index contributed by atoms with van der Waals surface area (Å²) in [5.74, 6) is 0.655. The standard InChI is InChI=1S/C38H47N7O6S2/c46-32(14-7-6-13-31-34-29(24-52-31)41-36(49)43-34)39-20-8-2-5-15-33(47)40-27-18-16-26(17-19-27)28-23-53-37(42-28)44-35(48)30-12-9-21-45(30)38(50)51-22-25-10-3-1-4-11-25/h1,3-4,10-11,16-19,23,29-31,34H,2,5-9,12-15,20-22,24H2,(H,39,46)(H,40,47)(H2,41,43,49)(H,42,44,48)/t29-,30?,31-,34-/m0/s1. The third kappa shape index (κ3) is 10.9. The zero-order chi connectivity index (χ0) is 37.0. The smallest absolute Gasteiger partial charge is 0.410 e. The maximum atomic E-state index is 13.1. The van der Waals surface area contributed by atoms with Gasteiger partial charge in [0, 0.05) is 53.6 Å². The van der Waals surface area contributed by atoms with E-state index in [1.165, 1.54) is 16.2 Å². The van der Waals surface area contributed by atoms with Gasteiger partial charge in [-0.15, -0.1) is 11.3 Å². The highest BCUT2D eigenvalue weighted by molar-refractivity contribution is 8.00. The first-order chi connectivity index (χ1) is 25.8. The number of carbonyl (C=O) groups excluding carboxylic acids is 5. The van der Waals surface area contributed by atoms with Crippen molar-refractivity contribution in [2.45, 2.75) is 94.2 Å². The van der Waals surface area contributed by atoms with Crippen LogP contribution >= 0.6 is 23.1 Å². The maximum absolute atomic E-state index is 13.1. The number of rotatable bonds is 17. The van der Waals surface area contributed by atoms with Crippen molar-refractivity contribution in [2.24, 2.45) is 0 Å². The van der Waals surface area contributed by atoms with Crippen molar-refractivity contribution >= 4 is 63.8 Å². The number of benzene rings is 2. The van der Waals surface area contributed by atoms with Gasteiger partial charge >= 0.3 is 12.1 Å². The average Bonchev–Trinajstić information content (AvgIpc) is 3.97. The van der Waals surface area contributed by atoms with Gasteiger partial charge in [0.25, 0.3) is 0 Å². The van der Waals surface area contributed by atoms with Crippen LogP contribution in [0.15, 0.2) is 60.0 Å². The van der Waals surface area contributed by atoms with Gasteiger partial charge in [-0.3, -0.25) is 19.3 Å². The first-order valence-corrected chi connectivity index (χ1v) is 20.3. The number of ether oxygens (including phenoxy) is 1. The molecule has 5 N–H and O–H groups in total. The van der Waals surface area contributed by atoms with Crippen LogP contribution in [0, 0.1) is 0 Å². The fourth-order valence-corrected chi connectivity index (χ4v) is 9.10. The number of nitrogens with one attached hydrogen (secondary N) is 5. The molecule has 6 amide bonds. The number of hydrogen-bond donors (Lipinski definition) is 5. The predicted octanol–water partition coefficient (Wildman–Crippen LogP) is 5.89. The van der Waals surface area contributed by atoms with Crippen LogP contribution in [0.5, 0.6) is 0 Å². The van der Waals surface area contributed by atoms with Crippen LogP contribution in [0.4, 0.5) is 20.4 Å². The summed E-state index contributed by atoms with van der Waals surface area (Å²) < 4.78 is 5.46. The molecule has 3 aliphatic rings. The predicted molar refractivity (Wildman–Crippen MR) is 207 cm³/mol. The largest absolute Gasteiger partial charge is 0.445 e. The zero-order valence-corrected chi connectivity index (χ0v) is 31.3. The molecule has 4 heterocycles. The Morgan fingerprint density at radius 2 is 1.70 bits per heavy atom. The van der Waals surface area contributed by atoms with Crippen LogP contribution < -0.4 is 26.6 Å². The average molecular weight is 762 g/mol. The van der Waals surface area contributed by atoms with Crippen molar-refractivity contribution in [1.82, 2.24) is 25.8 Å². The fourth-order valence-electron chi connectivity index (χ4n) is 6.84. The molecule has 53 heavy (non-hydrogen) atoms. The van der Waals surface area contributed by atoms with E-state index in [1.54, 1.807) is 0 Å². The third-order valence-corrected chi connectivity index (χ3v) is 11.9. The second-order valence-corrected chi connectivity index (χ2v) is 15.7. The minimum Gasteiger partial charge on any atom is -0.445 e. The molecule has 1 unspecified atom stereocenters. The third-order valence-electron chi connectivity index (χ3n) is 9.68. The summed E-state index contributed by atoms with van der Waals surface area (Å²) in [5.41, 5.74) is 3.11. The summed E-state index contributed by atoms with van der Waals surface area (Å²) >= 11 is 3.20. The molecule has 3 aliphatic heterocycles. The number of urea groups is 1. The molecular formula is C38H47N7O6S2. The van der Waals surface area contributed by atoms with Gasteiger partial charge in [-0.05, 0) is 56.2 Å². The molecule has 3 saturated heterocycles. The highest BCUT2D eigenvalue weighted by Gasteiger charge is 2.42. The minimum atomic E-state index is -0.618. The molecule has 0 saturated carbocycles. The van der Waals surface area contributed by atoms with E-state index >= 15 is 0 Å². The van der Waals surface area contributed by atoms with Gasteiger partial charge in [-0.25, -0.2) is 14.6 Å². The van der Waals surface area contributed by atoms with Crippen LogP contribution in [0.25, 0.3) is 11.3 Å². The van der Waals surface area contributed by atoms with Gasteiger partial charge < -0.3 is 31.3 Å². The van der Waals surface area contributed by atoms with E-state index in [4.69, 9.17) is 4.74 Å². The summed E-state index contributed by atoms with van der Waals surface area (Å²) in [4.78, 5) is 68.1. The number of aromatic nitrogens is 1. The van der Waals surface area contributed by atoms with Gasteiger partial charge in [0.2, 0.25) is 17.7 Å². The summed E-state index contributed by atoms with van der Waals surface area (Å²) in [7, 11) is 0. The van der Waals surface area contributed by atoms with Crippen LogP contribution in [-0.2, 0) is 25.7 Å². The number of anilines is 2. The lowest BCUT2D eigenvalue weighted by Crippen LogP contribution is -2.43. The molecule has 13 nitrogen and oxygen atoms in total. The molecule has 4 atom stereocenters. The molecular weight excluding hydrogens is 715 g/mol. The van der Waals surface area contributed by atoms with Gasteiger partial charge in [-0.1, -0.05) is 55.3 Å². The van der Waals surface area contributed by atoms with Crippen LogP contribution in [0.1, 0.15) is 69.8 Å². The van der Waals surface area contributed by atoms with Crippen molar-refractivity contribution < 1.29 is 28.7 Å². The number of unbranched alkanes of at least 4 members (excludes halogenated alkanes) is 3. The Kier molecular flexibility index (Phi) is 13.6. The molecule has 0 radical (unpaired) electrons. The fraction of sp³-hybridized carbons (Fsp3) is 0.474. The number of fused-ring (bicyclic) bond motifs is 1. The zero-order valence-electron chi connectivity index (χ0n) is 29.6. The number of carbonyl (C=O) groups is 5. The van der Waals surface area contributed by atoms with Crippen molar-refractivity contribution in [3.63, 3.8) is 0 Å². The second-order valence-electron chi connectivity index (χ2n) is 13.6. The highest BCUT2D eigenvalue weighted by atomic mass is 32.2. The number of hydrogen-bond acceptors (Lipinski definition) is 9. The van der Waals surface area contributed by atoms with Crippen molar-refractivity contribution in [3.8, 4) is 11.3 Å². The van der Waals surface area contributed by atoms with E-state index in [9.17, 15) is 24.0 Å². The molecule has 282 valence electrons. The van der Waals surface area contributed by atoms with Crippen LogP contribution in [-0.4, -0.2) is 81.9 Å². The number of thiazole rings is 1. The minimum absolute atomic E-state index is 0.0620. The molecule has 2 aromatic carbocycles.